The molecule has 12 heteroatoms. The van der Waals surface area contributed by atoms with Crippen molar-refractivity contribution in [2.24, 2.45) is 11.0 Å². The second-order valence-corrected chi connectivity index (χ2v) is 7.14. The fraction of sp³-hybridized carbons (Fsp3) is 0.238. The Bertz CT molecular complexity index is 1180. The van der Waals surface area contributed by atoms with Crippen molar-refractivity contribution in [1.29, 1.82) is 0 Å². The van der Waals surface area contributed by atoms with E-state index in [1.807, 2.05) is 0 Å². The number of benzene rings is 1. The average Bonchev–Trinajstić information content (AvgIpc) is 3.46. The van der Waals surface area contributed by atoms with E-state index in [0.29, 0.717) is 17.2 Å². The lowest BCUT2D eigenvalue weighted by molar-refractivity contribution is -0.385. The number of nitro groups is 1. The quantitative estimate of drug-likeness (QED) is 0.268. The molecular weight excluding hydrogens is 434 g/mol. The summed E-state index contributed by atoms with van der Waals surface area (Å²) >= 11 is 0. The fourth-order valence-corrected chi connectivity index (χ4v) is 2.74. The molecule has 0 aliphatic heterocycles. The SMILES string of the molecule is CC(=NNC(=O)C(C)Cn1cc([N+](=O)[O-])cn1)c1ccc(OCc2ccc(C(=O)O)o2)cc1. The molecule has 0 radical (unpaired) electrons. The van der Waals surface area contributed by atoms with Gasteiger partial charge in [0.1, 0.15) is 30.5 Å². The van der Waals surface area contributed by atoms with E-state index in [-0.39, 0.29) is 30.5 Å². The number of hydrogen-bond donors (Lipinski definition) is 2. The second-order valence-electron chi connectivity index (χ2n) is 7.14. The number of furan rings is 1. The van der Waals surface area contributed by atoms with Gasteiger partial charge in [0, 0.05) is 0 Å². The Balaban J connectivity index is 1.51. The highest BCUT2D eigenvalue weighted by Crippen LogP contribution is 2.16. The molecule has 172 valence electrons. The molecule has 1 aromatic carbocycles. The molecule has 0 fully saturated rings. The summed E-state index contributed by atoms with van der Waals surface area (Å²) in [6.45, 7) is 3.64. The summed E-state index contributed by atoms with van der Waals surface area (Å²) < 4.78 is 12.0. The lowest BCUT2D eigenvalue weighted by Crippen LogP contribution is -2.29. The predicted octanol–water partition coefficient (Wildman–Crippen LogP) is 2.84. The average molecular weight is 455 g/mol. The Hall–Kier alpha value is -4.48. The molecule has 0 aliphatic carbocycles. The van der Waals surface area contributed by atoms with Crippen LogP contribution in [0.3, 0.4) is 0 Å². The summed E-state index contributed by atoms with van der Waals surface area (Å²) in [7, 11) is 0. The van der Waals surface area contributed by atoms with Gasteiger partial charge in [-0.3, -0.25) is 19.6 Å². The lowest BCUT2D eigenvalue weighted by atomic mass is 10.1. The first-order valence-corrected chi connectivity index (χ1v) is 9.79. The van der Waals surface area contributed by atoms with E-state index in [2.05, 4.69) is 15.6 Å². The number of nitrogens with zero attached hydrogens (tertiary/aromatic N) is 4. The van der Waals surface area contributed by atoms with E-state index in [1.54, 1.807) is 38.1 Å². The fourth-order valence-electron chi connectivity index (χ4n) is 2.74. The van der Waals surface area contributed by atoms with E-state index in [9.17, 15) is 19.7 Å². The lowest BCUT2D eigenvalue weighted by Gasteiger charge is -2.10. The van der Waals surface area contributed by atoms with Crippen LogP contribution in [-0.2, 0) is 17.9 Å². The highest BCUT2D eigenvalue weighted by atomic mass is 16.6. The van der Waals surface area contributed by atoms with Gasteiger partial charge in [-0.15, -0.1) is 0 Å². The molecule has 0 aliphatic rings. The maximum atomic E-state index is 12.3. The van der Waals surface area contributed by atoms with E-state index >= 15 is 0 Å². The first-order chi connectivity index (χ1) is 15.7. The number of aromatic nitrogens is 2. The predicted molar refractivity (Wildman–Crippen MR) is 115 cm³/mol. The van der Waals surface area contributed by atoms with Gasteiger partial charge in [-0.2, -0.15) is 10.2 Å². The van der Waals surface area contributed by atoms with Gasteiger partial charge in [0.25, 0.3) is 0 Å². The van der Waals surface area contributed by atoms with Crippen LogP contribution in [0.2, 0.25) is 0 Å². The highest BCUT2D eigenvalue weighted by molar-refractivity contribution is 5.99. The first-order valence-electron chi connectivity index (χ1n) is 9.79. The monoisotopic (exact) mass is 455 g/mol. The van der Waals surface area contributed by atoms with Crippen LogP contribution in [0, 0.1) is 16.0 Å². The van der Waals surface area contributed by atoms with Gasteiger partial charge in [-0.25, -0.2) is 10.2 Å². The highest BCUT2D eigenvalue weighted by Gasteiger charge is 2.16. The Morgan fingerprint density at radius 3 is 2.64 bits per heavy atom. The van der Waals surface area contributed by atoms with Gasteiger partial charge in [-0.05, 0) is 48.9 Å². The van der Waals surface area contributed by atoms with Gasteiger partial charge in [0.05, 0.1) is 23.1 Å². The molecule has 0 saturated heterocycles. The zero-order valence-electron chi connectivity index (χ0n) is 17.8. The molecule has 3 rings (SSSR count). The van der Waals surface area contributed by atoms with Crippen molar-refractivity contribution < 1.29 is 28.8 Å². The Morgan fingerprint density at radius 1 is 1.30 bits per heavy atom. The summed E-state index contributed by atoms with van der Waals surface area (Å²) in [5, 5.41) is 27.5. The number of ether oxygens (including phenoxy) is 1. The van der Waals surface area contributed by atoms with Gasteiger partial charge in [0.2, 0.25) is 11.7 Å². The zero-order chi connectivity index (χ0) is 24.0. The molecule has 0 bridgehead atoms. The van der Waals surface area contributed by atoms with Gasteiger partial charge >= 0.3 is 11.7 Å². The van der Waals surface area contributed by atoms with Crippen LogP contribution in [0.25, 0.3) is 0 Å². The van der Waals surface area contributed by atoms with E-state index in [1.165, 1.54) is 23.0 Å². The number of carbonyl (C=O) groups is 2. The van der Waals surface area contributed by atoms with Crippen LogP contribution < -0.4 is 10.2 Å². The van der Waals surface area contributed by atoms with Gasteiger partial charge in [0.15, 0.2) is 0 Å². The molecule has 3 aromatic rings. The van der Waals surface area contributed by atoms with Crippen LogP contribution in [0.15, 0.2) is 58.3 Å². The minimum absolute atomic E-state index is 0.0764. The zero-order valence-corrected chi connectivity index (χ0v) is 17.8. The molecule has 1 amide bonds. The number of rotatable bonds is 10. The van der Waals surface area contributed by atoms with Crippen molar-refractivity contribution in [2.45, 2.75) is 27.0 Å². The molecule has 0 spiro atoms. The van der Waals surface area contributed by atoms with Crippen molar-refractivity contribution in [1.82, 2.24) is 15.2 Å². The van der Waals surface area contributed by atoms with Crippen molar-refractivity contribution in [3.05, 3.63) is 76.0 Å². The molecule has 1 unspecified atom stereocenters. The summed E-state index contributed by atoms with van der Waals surface area (Å²) in [4.78, 5) is 33.3. The molecule has 2 heterocycles. The van der Waals surface area contributed by atoms with E-state index in [0.717, 1.165) is 11.8 Å². The third kappa shape index (κ3) is 6.26. The van der Waals surface area contributed by atoms with Crippen molar-refractivity contribution in [3.63, 3.8) is 0 Å². The van der Waals surface area contributed by atoms with Gasteiger partial charge in [-0.1, -0.05) is 6.92 Å². The van der Waals surface area contributed by atoms with Crippen LogP contribution in [0.4, 0.5) is 5.69 Å². The van der Waals surface area contributed by atoms with Crippen LogP contribution in [0.1, 0.15) is 35.7 Å². The summed E-state index contributed by atoms with van der Waals surface area (Å²) in [6, 6.07) is 9.84. The third-order valence-electron chi connectivity index (χ3n) is 4.60. The minimum atomic E-state index is -1.15. The number of carbonyl (C=O) groups excluding carboxylic acids is 1. The standard InChI is InChI=1S/C21H21N5O7/c1-13(10-25-11-16(9-22-25)26(30)31)20(27)24-23-14(2)15-3-5-17(6-4-15)32-12-18-7-8-19(33-18)21(28)29/h3-9,11,13H,10,12H2,1-2H3,(H,24,27)(H,28,29). The topological polar surface area (TPSA) is 162 Å². The number of carboxylic acids is 1. The van der Waals surface area contributed by atoms with Crippen molar-refractivity contribution >= 4 is 23.3 Å². The van der Waals surface area contributed by atoms with E-state index in [4.69, 9.17) is 14.3 Å². The van der Waals surface area contributed by atoms with Crippen molar-refractivity contribution in [2.75, 3.05) is 0 Å². The van der Waals surface area contributed by atoms with Crippen molar-refractivity contribution in [3.8, 4) is 5.75 Å². The molecule has 33 heavy (non-hydrogen) atoms. The molecule has 0 saturated carbocycles. The second kappa shape index (κ2) is 10.2. The minimum Gasteiger partial charge on any atom is -0.486 e. The maximum absolute atomic E-state index is 12.3. The summed E-state index contributed by atoms with van der Waals surface area (Å²) in [6.07, 6.45) is 2.39. The molecule has 12 nitrogen and oxygen atoms in total. The Labute approximate surface area is 187 Å². The number of nitrogens with one attached hydrogen (secondary N) is 1. The third-order valence-corrected chi connectivity index (χ3v) is 4.60. The van der Waals surface area contributed by atoms with Gasteiger partial charge < -0.3 is 14.3 Å². The molecule has 1 atom stereocenters. The number of carboxylic acid groups (broad SMARTS) is 1. The largest absolute Gasteiger partial charge is 0.486 e. The number of amides is 1. The molecule has 2 aromatic heterocycles. The molecule has 2 N–H and O–H groups in total. The maximum Gasteiger partial charge on any atom is 0.371 e. The first kappa shape index (κ1) is 23.2. The number of aromatic carboxylic acids is 1. The number of hydrazone groups is 1. The van der Waals surface area contributed by atoms with E-state index < -0.39 is 16.8 Å². The van der Waals surface area contributed by atoms with Crippen LogP contribution in [0.5, 0.6) is 5.75 Å². The number of hydrogen-bond acceptors (Lipinski definition) is 8. The normalized spacial score (nSPS) is 12.2. The summed E-state index contributed by atoms with van der Waals surface area (Å²) in [5.74, 6) is -1.24. The van der Waals surface area contributed by atoms with Crippen LogP contribution in [-0.4, -0.2) is 37.4 Å². The summed E-state index contributed by atoms with van der Waals surface area (Å²) in [5.41, 5.74) is 3.66. The Kier molecular flexibility index (Phi) is 7.18. The van der Waals surface area contributed by atoms with Crippen LogP contribution >= 0.6 is 0 Å². The smallest absolute Gasteiger partial charge is 0.371 e. The molecular formula is C21H21N5O7. The Morgan fingerprint density at radius 2 is 2.03 bits per heavy atom.